The molecule has 6 nitrogen and oxygen atoms in total. The highest BCUT2D eigenvalue weighted by molar-refractivity contribution is 7.92. The number of rotatable bonds is 9. The second-order valence-electron chi connectivity index (χ2n) is 8.88. The first-order valence-electron chi connectivity index (χ1n) is 11.7. The van der Waals surface area contributed by atoms with Crippen LogP contribution in [0.2, 0.25) is 0 Å². The molecule has 0 spiro atoms. The third-order valence-corrected chi connectivity index (χ3v) is 7.92. The zero-order valence-corrected chi connectivity index (χ0v) is 20.6. The number of halogens is 1. The number of nitrogens with one attached hydrogen (secondary N) is 1. The van der Waals surface area contributed by atoms with Crippen molar-refractivity contribution in [3.8, 4) is 0 Å². The summed E-state index contributed by atoms with van der Waals surface area (Å²) < 4.78 is 41.1. The molecule has 1 aliphatic rings. The van der Waals surface area contributed by atoms with Gasteiger partial charge in [-0.25, -0.2) is 12.8 Å². The van der Waals surface area contributed by atoms with Crippen LogP contribution in [0, 0.1) is 12.7 Å². The summed E-state index contributed by atoms with van der Waals surface area (Å²) >= 11 is 0. The molecule has 8 heteroatoms. The van der Waals surface area contributed by atoms with Gasteiger partial charge >= 0.3 is 0 Å². The van der Waals surface area contributed by atoms with E-state index in [1.807, 2.05) is 19.1 Å². The van der Waals surface area contributed by atoms with E-state index in [2.05, 4.69) is 22.3 Å². The maximum atomic E-state index is 13.4. The normalized spacial score (nSPS) is 14.1. The van der Waals surface area contributed by atoms with Crippen molar-refractivity contribution in [3.63, 3.8) is 0 Å². The molecule has 3 aromatic carbocycles. The zero-order valence-electron chi connectivity index (χ0n) is 19.8. The molecule has 0 bridgehead atoms. The number of nitrogens with zero attached hydrogens (tertiary/aromatic N) is 2. The Morgan fingerprint density at radius 1 is 0.914 bits per heavy atom. The molecule has 1 aliphatic heterocycles. The number of aryl methyl sites for hydroxylation is 1. The van der Waals surface area contributed by atoms with Gasteiger partial charge in [0.05, 0.1) is 10.6 Å². The van der Waals surface area contributed by atoms with Gasteiger partial charge in [0.1, 0.15) is 12.4 Å². The summed E-state index contributed by atoms with van der Waals surface area (Å²) in [5.41, 5.74) is 3.50. The SMILES string of the molecule is Cc1ccc(N(CC(=O)NCc2ccc(CN3CCCC3)cc2)S(=O)(=O)c2ccc(F)cc2)cc1. The first kappa shape index (κ1) is 24.9. The molecule has 4 rings (SSSR count). The highest BCUT2D eigenvalue weighted by Gasteiger charge is 2.27. The fourth-order valence-electron chi connectivity index (χ4n) is 4.11. The highest BCUT2D eigenvalue weighted by atomic mass is 32.2. The molecular formula is C27H30FN3O3S. The average molecular weight is 496 g/mol. The molecule has 184 valence electrons. The van der Waals surface area contributed by atoms with Crippen LogP contribution in [-0.2, 0) is 27.9 Å². The first-order chi connectivity index (χ1) is 16.8. The minimum Gasteiger partial charge on any atom is -0.350 e. The summed E-state index contributed by atoms with van der Waals surface area (Å²) in [4.78, 5) is 15.2. The Hall–Kier alpha value is -3.23. The van der Waals surface area contributed by atoms with Crippen LogP contribution in [-0.4, -0.2) is 38.9 Å². The molecule has 1 saturated heterocycles. The molecule has 1 heterocycles. The van der Waals surface area contributed by atoms with Crippen LogP contribution in [0.1, 0.15) is 29.5 Å². The molecule has 3 aromatic rings. The Bertz CT molecular complexity index is 1240. The van der Waals surface area contributed by atoms with E-state index >= 15 is 0 Å². The largest absolute Gasteiger partial charge is 0.350 e. The van der Waals surface area contributed by atoms with E-state index in [1.165, 1.54) is 30.5 Å². The lowest BCUT2D eigenvalue weighted by Gasteiger charge is -2.24. The number of carbonyl (C=O) groups is 1. The van der Waals surface area contributed by atoms with E-state index in [0.717, 1.165) is 47.2 Å². The van der Waals surface area contributed by atoms with E-state index in [1.54, 1.807) is 24.3 Å². The average Bonchev–Trinajstić information content (AvgIpc) is 3.36. The molecule has 0 saturated carbocycles. The van der Waals surface area contributed by atoms with E-state index in [4.69, 9.17) is 0 Å². The van der Waals surface area contributed by atoms with Gasteiger partial charge < -0.3 is 5.32 Å². The van der Waals surface area contributed by atoms with Gasteiger partial charge in [-0.1, -0.05) is 42.0 Å². The fraction of sp³-hybridized carbons (Fsp3) is 0.296. The number of hydrogen-bond acceptors (Lipinski definition) is 4. The van der Waals surface area contributed by atoms with Crippen LogP contribution < -0.4 is 9.62 Å². The van der Waals surface area contributed by atoms with Crippen molar-refractivity contribution < 1.29 is 17.6 Å². The number of carbonyl (C=O) groups excluding carboxylic acids is 1. The van der Waals surface area contributed by atoms with Crippen LogP contribution in [0.4, 0.5) is 10.1 Å². The summed E-state index contributed by atoms with van der Waals surface area (Å²) in [6, 6.07) is 19.6. The van der Waals surface area contributed by atoms with Crippen molar-refractivity contribution in [2.45, 2.75) is 37.8 Å². The molecular weight excluding hydrogens is 465 g/mol. The Balaban J connectivity index is 1.44. The fourth-order valence-corrected chi connectivity index (χ4v) is 5.53. The minimum absolute atomic E-state index is 0.0825. The Morgan fingerprint density at radius 3 is 2.14 bits per heavy atom. The maximum Gasteiger partial charge on any atom is 0.264 e. The van der Waals surface area contributed by atoms with Crippen LogP contribution in [0.15, 0.2) is 77.7 Å². The smallest absolute Gasteiger partial charge is 0.264 e. The Kier molecular flexibility index (Phi) is 7.83. The first-order valence-corrected chi connectivity index (χ1v) is 13.2. The van der Waals surface area contributed by atoms with Gasteiger partial charge in [-0.05, 0) is 80.4 Å². The van der Waals surface area contributed by atoms with Gasteiger partial charge in [-0.3, -0.25) is 14.0 Å². The number of hydrogen-bond donors (Lipinski definition) is 1. The van der Waals surface area contributed by atoms with Crippen molar-refractivity contribution in [1.29, 1.82) is 0 Å². The topological polar surface area (TPSA) is 69.7 Å². The summed E-state index contributed by atoms with van der Waals surface area (Å²) in [7, 11) is -4.08. The van der Waals surface area contributed by atoms with Crippen molar-refractivity contribution in [3.05, 3.63) is 95.3 Å². The molecule has 0 aromatic heterocycles. The quantitative estimate of drug-likeness (QED) is 0.482. The number of sulfonamides is 1. The van der Waals surface area contributed by atoms with Crippen molar-refractivity contribution >= 4 is 21.6 Å². The summed E-state index contributed by atoms with van der Waals surface area (Å²) in [5, 5.41) is 2.82. The van der Waals surface area contributed by atoms with Crippen LogP contribution >= 0.6 is 0 Å². The van der Waals surface area contributed by atoms with Gasteiger partial charge in [-0.15, -0.1) is 0 Å². The van der Waals surface area contributed by atoms with E-state index in [9.17, 15) is 17.6 Å². The molecule has 1 amide bonds. The monoisotopic (exact) mass is 495 g/mol. The van der Waals surface area contributed by atoms with Gasteiger partial charge in [0.25, 0.3) is 10.0 Å². The minimum atomic E-state index is -4.08. The molecule has 0 unspecified atom stereocenters. The van der Waals surface area contributed by atoms with Crippen molar-refractivity contribution in [1.82, 2.24) is 10.2 Å². The number of anilines is 1. The third-order valence-electron chi connectivity index (χ3n) is 6.13. The number of likely N-dealkylation sites (tertiary alicyclic amines) is 1. The maximum absolute atomic E-state index is 13.4. The summed E-state index contributed by atoms with van der Waals surface area (Å²) in [6.45, 7) is 4.99. The molecule has 1 fully saturated rings. The van der Waals surface area contributed by atoms with E-state index < -0.39 is 28.3 Å². The van der Waals surface area contributed by atoms with Crippen LogP contribution in [0.25, 0.3) is 0 Å². The Morgan fingerprint density at radius 2 is 1.51 bits per heavy atom. The van der Waals surface area contributed by atoms with Gasteiger partial charge in [-0.2, -0.15) is 0 Å². The molecule has 0 atom stereocenters. The highest BCUT2D eigenvalue weighted by Crippen LogP contribution is 2.24. The lowest BCUT2D eigenvalue weighted by molar-refractivity contribution is -0.119. The predicted molar refractivity (Wildman–Crippen MR) is 135 cm³/mol. The summed E-state index contributed by atoms with van der Waals surface area (Å²) in [5.74, 6) is -0.965. The van der Waals surface area contributed by atoms with E-state index in [0.29, 0.717) is 12.2 Å². The van der Waals surface area contributed by atoms with Crippen molar-refractivity contribution in [2.75, 3.05) is 23.9 Å². The number of amides is 1. The number of benzene rings is 3. The second-order valence-corrected chi connectivity index (χ2v) is 10.7. The lowest BCUT2D eigenvalue weighted by Crippen LogP contribution is -2.40. The van der Waals surface area contributed by atoms with Crippen molar-refractivity contribution in [2.24, 2.45) is 0 Å². The zero-order chi connectivity index (χ0) is 24.8. The Labute approximate surface area is 206 Å². The van der Waals surface area contributed by atoms with Gasteiger partial charge in [0, 0.05) is 13.1 Å². The van der Waals surface area contributed by atoms with Gasteiger partial charge in [0.2, 0.25) is 5.91 Å². The molecule has 0 radical (unpaired) electrons. The molecule has 0 aliphatic carbocycles. The molecule has 35 heavy (non-hydrogen) atoms. The molecule has 1 N–H and O–H groups in total. The van der Waals surface area contributed by atoms with E-state index in [-0.39, 0.29) is 4.90 Å². The van der Waals surface area contributed by atoms with Crippen LogP contribution in [0.5, 0.6) is 0 Å². The summed E-state index contributed by atoms with van der Waals surface area (Å²) in [6.07, 6.45) is 2.50. The second kappa shape index (κ2) is 11.0. The van der Waals surface area contributed by atoms with Crippen LogP contribution in [0.3, 0.4) is 0 Å². The third kappa shape index (κ3) is 6.46. The lowest BCUT2D eigenvalue weighted by atomic mass is 10.1. The predicted octanol–water partition coefficient (Wildman–Crippen LogP) is 4.24. The standard InChI is InChI=1S/C27H30FN3O3S/c1-21-4-12-25(13-5-21)31(35(33,34)26-14-10-24(28)11-15-26)20-27(32)29-18-22-6-8-23(9-7-22)19-30-16-2-3-17-30/h4-15H,2-3,16-20H2,1H3,(H,29,32). The van der Waals surface area contributed by atoms with Gasteiger partial charge in [0.15, 0.2) is 0 Å².